The Labute approximate surface area is 115 Å². The van der Waals surface area contributed by atoms with Crippen LogP contribution in [0.25, 0.3) is 0 Å². The molecule has 1 aromatic rings. The van der Waals surface area contributed by atoms with Gasteiger partial charge in [-0.25, -0.2) is 0 Å². The van der Waals surface area contributed by atoms with E-state index in [1.54, 1.807) is 0 Å². The van der Waals surface area contributed by atoms with Crippen molar-refractivity contribution in [1.29, 1.82) is 0 Å². The van der Waals surface area contributed by atoms with E-state index in [4.69, 9.17) is 0 Å². The van der Waals surface area contributed by atoms with Crippen molar-refractivity contribution in [2.75, 3.05) is 24.6 Å². The zero-order chi connectivity index (χ0) is 13.9. The lowest BCUT2D eigenvalue weighted by Crippen LogP contribution is -2.39. The zero-order valence-corrected chi connectivity index (χ0v) is 12.0. The topological polar surface area (TPSA) is 43.7 Å². The Kier molecular flexibility index (Phi) is 4.48. The van der Waals surface area contributed by atoms with Crippen LogP contribution in [0.3, 0.4) is 0 Å². The minimum absolute atomic E-state index is 0.0754. The summed E-state index contributed by atoms with van der Waals surface area (Å²) in [6, 6.07) is 8.12. The SMILES string of the molecule is CCN(CC)c1ccc(C(O)C2(CO)CCC2)cc1. The first-order valence-corrected chi connectivity index (χ1v) is 7.30. The molecule has 1 aromatic carbocycles. The van der Waals surface area contributed by atoms with Gasteiger partial charge in [-0.1, -0.05) is 18.6 Å². The number of nitrogens with zero attached hydrogens (tertiary/aromatic N) is 1. The van der Waals surface area contributed by atoms with Gasteiger partial charge in [-0.2, -0.15) is 0 Å². The van der Waals surface area contributed by atoms with Crippen LogP contribution in [-0.2, 0) is 0 Å². The van der Waals surface area contributed by atoms with Gasteiger partial charge in [-0.3, -0.25) is 0 Å². The van der Waals surface area contributed by atoms with Crippen molar-refractivity contribution < 1.29 is 10.2 Å². The van der Waals surface area contributed by atoms with Gasteiger partial charge >= 0.3 is 0 Å². The third-order valence-electron chi connectivity index (χ3n) is 4.58. The summed E-state index contributed by atoms with van der Waals surface area (Å²) in [5.41, 5.74) is 1.81. The van der Waals surface area contributed by atoms with Crippen molar-refractivity contribution >= 4 is 5.69 Å². The first-order chi connectivity index (χ1) is 9.16. The predicted octanol–water partition coefficient (Wildman–Crippen LogP) is 2.73. The van der Waals surface area contributed by atoms with Gasteiger partial charge in [0.25, 0.3) is 0 Å². The maximum atomic E-state index is 10.5. The maximum Gasteiger partial charge on any atom is 0.0868 e. The zero-order valence-electron chi connectivity index (χ0n) is 12.0. The van der Waals surface area contributed by atoms with E-state index in [1.807, 2.05) is 12.1 Å². The van der Waals surface area contributed by atoms with E-state index < -0.39 is 6.10 Å². The summed E-state index contributed by atoms with van der Waals surface area (Å²) in [6.07, 6.45) is 2.40. The van der Waals surface area contributed by atoms with Gasteiger partial charge in [-0.05, 0) is 44.4 Å². The molecule has 106 valence electrons. The summed E-state index contributed by atoms with van der Waals surface area (Å²) in [4.78, 5) is 2.28. The Balaban J connectivity index is 2.14. The minimum atomic E-state index is -0.544. The molecular weight excluding hydrogens is 238 g/mol. The molecule has 0 aromatic heterocycles. The molecule has 1 unspecified atom stereocenters. The summed E-state index contributed by atoms with van der Waals surface area (Å²) >= 11 is 0. The highest BCUT2D eigenvalue weighted by molar-refractivity contribution is 5.47. The van der Waals surface area contributed by atoms with Crippen LogP contribution in [0.5, 0.6) is 0 Å². The Morgan fingerprint density at radius 1 is 1.16 bits per heavy atom. The molecular formula is C16H25NO2. The second-order valence-electron chi connectivity index (χ2n) is 5.54. The van der Waals surface area contributed by atoms with Crippen molar-refractivity contribution in [3.05, 3.63) is 29.8 Å². The lowest BCUT2D eigenvalue weighted by molar-refractivity contribution is -0.0734. The molecule has 0 spiro atoms. The van der Waals surface area contributed by atoms with Gasteiger partial charge in [0.15, 0.2) is 0 Å². The van der Waals surface area contributed by atoms with E-state index in [0.29, 0.717) is 0 Å². The Bertz CT molecular complexity index is 388. The van der Waals surface area contributed by atoms with Gasteiger partial charge in [0, 0.05) is 24.2 Å². The molecule has 1 aliphatic carbocycles. The largest absolute Gasteiger partial charge is 0.396 e. The summed E-state index contributed by atoms with van der Waals surface area (Å²) in [5.74, 6) is 0. The first-order valence-electron chi connectivity index (χ1n) is 7.30. The molecule has 2 N–H and O–H groups in total. The Morgan fingerprint density at radius 3 is 2.11 bits per heavy atom. The second kappa shape index (κ2) is 5.93. The number of aliphatic hydroxyl groups excluding tert-OH is 2. The van der Waals surface area contributed by atoms with Crippen molar-refractivity contribution in [3.63, 3.8) is 0 Å². The van der Waals surface area contributed by atoms with Gasteiger partial charge in [0.1, 0.15) is 0 Å². The molecule has 3 nitrogen and oxygen atoms in total. The predicted molar refractivity (Wildman–Crippen MR) is 78.3 cm³/mol. The Morgan fingerprint density at radius 2 is 1.74 bits per heavy atom. The Hall–Kier alpha value is -1.06. The summed E-state index contributed by atoms with van der Waals surface area (Å²) in [6.45, 7) is 6.33. The van der Waals surface area contributed by atoms with Gasteiger partial charge in [0.05, 0.1) is 12.7 Å². The number of anilines is 1. The normalized spacial score (nSPS) is 18.7. The van der Waals surface area contributed by atoms with Crippen LogP contribution in [0.4, 0.5) is 5.69 Å². The molecule has 0 amide bonds. The van der Waals surface area contributed by atoms with Crippen LogP contribution in [-0.4, -0.2) is 29.9 Å². The number of rotatable bonds is 6. The third kappa shape index (κ3) is 2.63. The second-order valence-corrected chi connectivity index (χ2v) is 5.54. The smallest absolute Gasteiger partial charge is 0.0868 e. The molecule has 0 saturated heterocycles. The monoisotopic (exact) mass is 263 g/mol. The van der Waals surface area contributed by atoms with E-state index in [-0.39, 0.29) is 12.0 Å². The highest BCUT2D eigenvalue weighted by atomic mass is 16.3. The molecule has 0 bridgehead atoms. The van der Waals surface area contributed by atoms with E-state index in [1.165, 1.54) is 5.69 Å². The molecule has 2 rings (SSSR count). The van der Waals surface area contributed by atoms with Crippen LogP contribution < -0.4 is 4.90 Å². The lowest BCUT2D eigenvalue weighted by Gasteiger charge is -2.44. The fourth-order valence-electron chi connectivity index (χ4n) is 2.96. The molecule has 3 heteroatoms. The first kappa shape index (κ1) is 14.4. The molecule has 1 saturated carbocycles. The number of hydrogen-bond donors (Lipinski definition) is 2. The van der Waals surface area contributed by atoms with Crippen LogP contribution in [0, 0.1) is 5.41 Å². The van der Waals surface area contributed by atoms with Gasteiger partial charge in [-0.15, -0.1) is 0 Å². The van der Waals surface area contributed by atoms with Gasteiger partial charge < -0.3 is 15.1 Å². The molecule has 0 aliphatic heterocycles. The van der Waals surface area contributed by atoms with Gasteiger partial charge in [0.2, 0.25) is 0 Å². The lowest BCUT2D eigenvalue weighted by atomic mass is 9.64. The van der Waals surface area contributed by atoms with E-state index in [2.05, 4.69) is 30.9 Å². The van der Waals surface area contributed by atoms with Crippen molar-refractivity contribution in [3.8, 4) is 0 Å². The number of benzene rings is 1. The average Bonchev–Trinajstić information content (AvgIpc) is 2.40. The number of aliphatic hydroxyl groups is 2. The van der Waals surface area contributed by atoms with E-state index in [0.717, 1.165) is 37.9 Å². The summed E-state index contributed by atoms with van der Waals surface area (Å²) in [7, 11) is 0. The van der Waals surface area contributed by atoms with Crippen LogP contribution in [0.1, 0.15) is 44.8 Å². The molecule has 1 fully saturated rings. The van der Waals surface area contributed by atoms with Crippen LogP contribution in [0.2, 0.25) is 0 Å². The fraction of sp³-hybridized carbons (Fsp3) is 0.625. The standard InChI is InChI=1S/C16H25NO2/c1-3-17(4-2)14-8-6-13(7-9-14)15(19)16(12-18)10-5-11-16/h6-9,15,18-19H,3-5,10-12H2,1-2H3. The molecule has 19 heavy (non-hydrogen) atoms. The fourth-order valence-corrected chi connectivity index (χ4v) is 2.96. The van der Waals surface area contributed by atoms with Crippen molar-refractivity contribution in [2.45, 2.75) is 39.2 Å². The van der Waals surface area contributed by atoms with Crippen molar-refractivity contribution in [2.24, 2.45) is 5.41 Å². The quantitative estimate of drug-likeness (QED) is 0.829. The molecule has 1 aliphatic rings. The summed E-state index contributed by atoms with van der Waals surface area (Å²) in [5, 5.41) is 20.0. The minimum Gasteiger partial charge on any atom is -0.396 e. The van der Waals surface area contributed by atoms with E-state index in [9.17, 15) is 10.2 Å². The highest BCUT2D eigenvalue weighted by Gasteiger charge is 2.43. The molecule has 0 heterocycles. The van der Waals surface area contributed by atoms with Crippen molar-refractivity contribution in [1.82, 2.24) is 0 Å². The summed E-state index contributed by atoms with van der Waals surface area (Å²) < 4.78 is 0. The molecule has 0 radical (unpaired) electrons. The average molecular weight is 263 g/mol. The maximum absolute atomic E-state index is 10.5. The van der Waals surface area contributed by atoms with Crippen LogP contribution in [0.15, 0.2) is 24.3 Å². The van der Waals surface area contributed by atoms with Crippen LogP contribution >= 0.6 is 0 Å². The highest BCUT2D eigenvalue weighted by Crippen LogP contribution is 2.49. The third-order valence-corrected chi connectivity index (χ3v) is 4.58. The molecule has 1 atom stereocenters. The number of hydrogen-bond acceptors (Lipinski definition) is 3. The van der Waals surface area contributed by atoms with E-state index >= 15 is 0 Å².